The molecule has 2 rings (SSSR count). The Labute approximate surface area is 110 Å². The smallest absolute Gasteiger partial charge is 0.0582 e. The lowest BCUT2D eigenvalue weighted by Crippen LogP contribution is -2.45. The van der Waals surface area contributed by atoms with Gasteiger partial charge in [0.15, 0.2) is 0 Å². The number of piperidine rings is 1. The third kappa shape index (κ3) is 3.87. The fourth-order valence-electron chi connectivity index (χ4n) is 2.34. The van der Waals surface area contributed by atoms with Gasteiger partial charge in [0, 0.05) is 17.6 Å². The molecule has 0 bridgehead atoms. The van der Waals surface area contributed by atoms with Crippen LogP contribution in [-0.4, -0.2) is 37.1 Å². The van der Waals surface area contributed by atoms with Crippen LogP contribution in [0.3, 0.4) is 0 Å². The van der Waals surface area contributed by atoms with Gasteiger partial charge in [-0.1, -0.05) is 30.0 Å². The van der Waals surface area contributed by atoms with Crippen LogP contribution in [0.4, 0.5) is 0 Å². The lowest BCUT2D eigenvalue weighted by molar-refractivity contribution is 0.171. The van der Waals surface area contributed by atoms with Gasteiger partial charge in [-0.2, -0.15) is 0 Å². The molecule has 1 aliphatic rings. The van der Waals surface area contributed by atoms with Crippen LogP contribution in [0.5, 0.6) is 0 Å². The van der Waals surface area contributed by atoms with E-state index in [-0.39, 0.29) is 0 Å². The maximum Gasteiger partial charge on any atom is 0.0582 e. The predicted molar refractivity (Wildman–Crippen MR) is 76.4 cm³/mol. The summed E-state index contributed by atoms with van der Waals surface area (Å²) in [7, 11) is 2.20. The van der Waals surface area contributed by atoms with Crippen LogP contribution in [-0.2, 0) is 0 Å². The molecule has 1 heterocycles. The summed E-state index contributed by atoms with van der Waals surface area (Å²) >= 11 is 0. The predicted octanol–water partition coefficient (Wildman–Crippen LogP) is 2.11. The van der Waals surface area contributed by atoms with Crippen LogP contribution in [0.2, 0.25) is 0 Å². The van der Waals surface area contributed by atoms with E-state index in [1.807, 2.05) is 30.3 Å². The Hall–Kier alpha value is -1.30. The molecule has 0 aliphatic carbocycles. The first-order valence-corrected chi connectivity index (χ1v) is 6.73. The molecule has 0 saturated carbocycles. The van der Waals surface area contributed by atoms with E-state index in [4.69, 9.17) is 0 Å². The Morgan fingerprint density at radius 2 is 2.11 bits per heavy atom. The van der Waals surface area contributed by atoms with E-state index >= 15 is 0 Å². The van der Waals surface area contributed by atoms with Crippen LogP contribution in [0.15, 0.2) is 30.3 Å². The van der Waals surface area contributed by atoms with Crippen LogP contribution in [0.1, 0.15) is 25.3 Å². The van der Waals surface area contributed by atoms with Crippen molar-refractivity contribution in [2.24, 2.45) is 0 Å². The number of nitrogens with one attached hydrogen (secondary N) is 1. The van der Waals surface area contributed by atoms with Crippen LogP contribution >= 0.6 is 0 Å². The van der Waals surface area contributed by atoms with Crippen molar-refractivity contribution in [3.05, 3.63) is 35.9 Å². The second kappa shape index (κ2) is 6.58. The fourth-order valence-corrected chi connectivity index (χ4v) is 2.34. The molecule has 2 nitrogen and oxygen atoms in total. The normalized spacial score (nSPS) is 24.3. The van der Waals surface area contributed by atoms with Crippen LogP contribution in [0, 0.1) is 11.8 Å². The Bertz CT molecular complexity index is 416. The van der Waals surface area contributed by atoms with Crippen molar-refractivity contribution in [3.63, 3.8) is 0 Å². The molecule has 0 spiro atoms. The summed E-state index contributed by atoms with van der Waals surface area (Å²) in [5.74, 6) is 6.38. The van der Waals surface area contributed by atoms with Crippen molar-refractivity contribution in [1.29, 1.82) is 0 Å². The summed E-state index contributed by atoms with van der Waals surface area (Å²) in [4.78, 5) is 2.42. The molecule has 1 fully saturated rings. The summed E-state index contributed by atoms with van der Waals surface area (Å²) in [5, 5.41) is 3.54. The molecular weight excluding hydrogens is 220 g/mol. The first-order valence-electron chi connectivity index (χ1n) is 6.73. The van der Waals surface area contributed by atoms with Crippen molar-refractivity contribution in [2.45, 2.75) is 31.8 Å². The number of rotatable bonds is 2. The zero-order valence-electron chi connectivity index (χ0n) is 11.3. The molecule has 2 heteroatoms. The minimum absolute atomic E-state index is 0.626. The van der Waals surface area contributed by atoms with Gasteiger partial charge >= 0.3 is 0 Å². The molecule has 0 radical (unpaired) electrons. The first-order chi connectivity index (χ1) is 8.75. The van der Waals surface area contributed by atoms with E-state index in [0.29, 0.717) is 12.1 Å². The SMILES string of the molecule is CC1CC(NCC#Cc2ccccc2)CCN1C. The Balaban J connectivity index is 1.75. The summed E-state index contributed by atoms with van der Waals surface area (Å²) in [6, 6.07) is 11.5. The molecule has 2 atom stereocenters. The maximum absolute atomic E-state index is 3.54. The lowest BCUT2D eigenvalue weighted by atomic mass is 9.99. The summed E-state index contributed by atoms with van der Waals surface area (Å²) in [6.45, 7) is 4.27. The minimum atomic E-state index is 0.626. The van der Waals surface area contributed by atoms with Crippen molar-refractivity contribution < 1.29 is 0 Å². The molecule has 1 aliphatic heterocycles. The van der Waals surface area contributed by atoms with E-state index in [0.717, 1.165) is 12.1 Å². The highest BCUT2D eigenvalue weighted by Crippen LogP contribution is 2.14. The maximum atomic E-state index is 3.54. The average molecular weight is 242 g/mol. The fraction of sp³-hybridized carbons (Fsp3) is 0.500. The molecule has 1 aromatic rings. The molecule has 2 unspecified atom stereocenters. The van der Waals surface area contributed by atoms with Gasteiger partial charge in [-0.05, 0) is 45.5 Å². The largest absolute Gasteiger partial charge is 0.304 e. The highest BCUT2D eigenvalue weighted by atomic mass is 15.1. The Kier molecular flexibility index (Phi) is 4.81. The summed E-state index contributed by atoms with van der Waals surface area (Å²) in [5.41, 5.74) is 1.09. The Morgan fingerprint density at radius 1 is 1.33 bits per heavy atom. The molecule has 1 aromatic carbocycles. The van der Waals surface area contributed by atoms with Gasteiger partial charge in [-0.15, -0.1) is 0 Å². The number of nitrogens with zero attached hydrogens (tertiary/aromatic N) is 1. The van der Waals surface area contributed by atoms with Gasteiger partial charge < -0.3 is 10.2 Å². The van der Waals surface area contributed by atoms with Crippen LogP contribution < -0.4 is 5.32 Å². The van der Waals surface area contributed by atoms with E-state index < -0.39 is 0 Å². The summed E-state index contributed by atoms with van der Waals surface area (Å²) < 4.78 is 0. The summed E-state index contributed by atoms with van der Waals surface area (Å²) in [6.07, 6.45) is 2.46. The van der Waals surface area contributed by atoms with Crippen LogP contribution in [0.25, 0.3) is 0 Å². The second-order valence-corrected chi connectivity index (χ2v) is 5.10. The number of hydrogen-bond acceptors (Lipinski definition) is 2. The topological polar surface area (TPSA) is 15.3 Å². The zero-order valence-corrected chi connectivity index (χ0v) is 11.3. The van der Waals surface area contributed by atoms with E-state index in [1.54, 1.807) is 0 Å². The van der Waals surface area contributed by atoms with Gasteiger partial charge in [0.1, 0.15) is 0 Å². The Morgan fingerprint density at radius 3 is 2.83 bits per heavy atom. The third-order valence-corrected chi connectivity index (χ3v) is 3.69. The zero-order chi connectivity index (χ0) is 12.8. The van der Waals surface area contributed by atoms with Crippen molar-refractivity contribution in [2.75, 3.05) is 20.1 Å². The monoisotopic (exact) mass is 242 g/mol. The molecular formula is C16H22N2. The molecule has 0 aromatic heterocycles. The number of likely N-dealkylation sites (tertiary alicyclic amines) is 1. The quantitative estimate of drug-likeness (QED) is 0.799. The van der Waals surface area contributed by atoms with Gasteiger partial charge in [0.05, 0.1) is 6.54 Å². The van der Waals surface area contributed by atoms with Gasteiger partial charge in [0.25, 0.3) is 0 Å². The van der Waals surface area contributed by atoms with Gasteiger partial charge in [-0.25, -0.2) is 0 Å². The van der Waals surface area contributed by atoms with E-state index in [1.165, 1.54) is 19.4 Å². The third-order valence-electron chi connectivity index (χ3n) is 3.69. The first kappa shape index (κ1) is 13.1. The lowest BCUT2D eigenvalue weighted by Gasteiger charge is -2.35. The second-order valence-electron chi connectivity index (χ2n) is 5.10. The average Bonchev–Trinajstić information content (AvgIpc) is 2.40. The highest BCUT2D eigenvalue weighted by Gasteiger charge is 2.21. The van der Waals surface area contributed by atoms with E-state index in [2.05, 4.69) is 36.0 Å². The van der Waals surface area contributed by atoms with Gasteiger partial charge in [0.2, 0.25) is 0 Å². The molecule has 1 saturated heterocycles. The molecule has 18 heavy (non-hydrogen) atoms. The minimum Gasteiger partial charge on any atom is -0.304 e. The number of benzene rings is 1. The standard InChI is InChI=1S/C16H22N2/c1-14-13-16(10-12-18(14)2)17-11-6-9-15-7-4-3-5-8-15/h3-5,7-8,14,16-17H,10-13H2,1-2H3. The van der Waals surface area contributed by atoms with Crippen molar-refractivity contribution >= 4 is 0 Å². The van der Waals surface area contributed by atoms with Gasteiger partial charge in [-0.3, -0.25) is 0 Å². The van der Waals surface area contributed by atoms with E-state index in [9.17, 15) is 0 Å². The van der Waals surface area contributed by atoms with Crippen molar-refractivity contribution in [3.8, 4) is 11.8 Å². The number of hydrogen-bond donors (Lipinski definition) is 1. The molecule has 1 N–H and O–H groups in total. The molecule has 96 valence electrons. The molecule has 0 amide bonds. The highest BCUT2D eigenvalue weighted by molar-refractivity contribution is 5.33. The van der Waals surface area contributed by atoms with Crippen molar-refractivity contribution in [1.82, 2.24) is 10.2 Å².